The molecule has 0 fully saturated rings. The van der Waals surface area contributed by atoms with Gasteiger partial charge in [0.05, 0.1) is 0 Å². The second-order valence-electron chi connectivity index (χ2n) is 11.3. The number of carboxylic acid groups (broad SMARTS) is 1. The number of benzene rings is 1. The molecule has 0 unspecified atom stereocenters. The largest absolute Gasteiger partial charge is 0.506 e. The summed E-state index contributed by atoms with van der Waals surface area (Å²) in [5.74, 6) is -3.29. The van der Waals surface area contributed by atoms with Crippen molar-refractivity contribution in [2.24, 2.45) is 11.7 Å². The van der Waals surface area contributed by atoms with Crippen LogP contribution in [0.25, 0.3) is 0 Å². The molecule has 2 rings (SSSR count). The lowest BCUT2D eigenvalue weighted by Gasteiger charge is -2.25. The van der Waals surface area contributed by atoms with Gasteiger partial charge in [0.25, 0.3) is 21.9 Å². The van der Waals surface area contributed by atoms with E-state index in [-0.39, 0.29) is 52.6 Å². The standard InChI is InChI=1S/C29H38Br2N6O12S/c1-15(2)23(36-20(38)8-4-3-5-12-37-26(41)21(30)22(31)27(37)42)25(40)35-18(7-6-11-33-28(32)43)24(39)34-17-10-9-16(14-49-29(44)45)19(13-17)50(46,47)48/h9-10,13,15,18,23H,3-8,11-12,14H2,1-2H3,(H,34,39)(H,35,40)(H,36,38)(H,44,45)(H3,32,33,43)(H,46,47,48)/t18-,23-/m0/s1. The van der Waals surface area contributed by atoms with Gasteiger partial charge in [0.1, 0.15) is 32.6 Å². The number of nitrogens with zero attached hydrogens (tertiary/aromatic N) is 1. The third kappa shape index (κ3) is 13.0. The maximum atomic E-state index is 13.4. The Hall–Kier alpha value is -4.08. The van der Waals surface area contributed by atoms with Crippen LogP contribution in [-0.4, -0.2) is 89.9 Å². The number of urea groups is 1. The summed E-state index contributed by atoms with van der Waals surface area (Å²) in [6.07, 6.45) is -0.157. The van der Waals surface area contributed by atoms with Crippen LogP contribution in [0.1, 0.15) is 57.9 Å². The molecule has 1 aromatic carbocycles. The fourth-order valence-corrected chi connectivity index (χ4v) is 6.14. The summed E-state index contributed by atoms with van der Waals surface area (Å²) < 4.78 is 38.2. The van der Waals surface area contributed by atoms with Gasteiger partial charge < -0.3 is 36.8 Å². The minimum Gasteiger partial charge on any atom is -0.450 e. The zero-order chi connectivity index (χ0) is 37.8. The Balaban J connectivity index is 2.07. The van der Waals surface area contributed by atoms with E-state index in [0.29, 0.717) is 19.3 Å². The Morgan fingerprint density at radius 1 is 0.960 bits per heavy atom. The highest BCUT2D eigenvalue weighted by Gasteiger charge is 2.35. The Morgan fingerprint density at radius 3 is 2.16 bits per heavy atom. The Morgan fingerprint density at radius 2 is 1.60 bits per heavy atom. The van der Waals surface area contributed by atoms with Crippen molar-refractivity contribution in [3.63, 3.8) is 0 Å². The quantitative estimate of drug-likeness (QED) is 0.0456. The molecule has 8 N–H and O–H groups in total. The number of nitrogens with one attached hydrogen (secondary N) is 4. The van der Waals surface area contributed by atoms with Gasteiger partial charge >= 0.3 is 12.2 Å². The fourth-order valence-electron chi connectivity index (χ4n) is 4.64. The molecule has 0 aromatic heterocycles. The van der Waals surface area contributed by atoms with Gasteiger partial charge in [-0.15, -0.1) is 0 Å². The summed E-state index contributed by atoms with van der Waals surface area (Å²) in [6, 6.07) is 0.101. The van der Waals surface area contributed by atoms with Crippen LogP contribution in [0.15, 0.2) is 32.1 Å². The number of rotatable bonds is 19. The highest BCUT2D eigenvalue weighted by atomic mass is 79.9. The molecule has 50 heavy (non-hydrogen) atoms. The van der Waals surface area contributed by atoms with E-state index in [0.717, 1.165) is 17.0 Å². The number of amides is 7. The lowest BCUT2D eigenvalue weighted by atomic mass is 10.0. The number of carbonyl (C=O) groups is 7. The van der Waals surface area contributed by atoms with E-state index in [1.165, 1.54) is 6.07 Å². The molecule has 1 aliphatic rings. The second-order valence-corrected chi connectivity index (χ2v) is 14.3. The van der Waals surface area contributed by atoms with Crippen molar-refractivity contribution in [1.82, 2.24) is 20.9 Å². The predicted molar refractivity (Wildman–Crippen MR) is 183 cm³/mol. The van der Waals surface area contributed by atoms with Crippen molar-refractivity contribution in [1.29, 1.82) is 0 Å². The number of anilines is 1. The topological polar surface area (TPSA) is 281 Å². The smallest absolute Gasteiger partial charge is 0.450 e. The molecule has 276 valence electrons. The van der Waals surface area contributed by atoms with Crippen molar-refractivity contribution in [3.8, 4) is 0 Å². The van der Waals surface area contributed by atoms with E-state index in [1.54, 1.807) is 13.8 Å². The summed E-state index contributed by atoms with van der Waals surface area (Å²) in [6.45, 7) is 2.87. The molecule has 1 aromatic rings. The van der Waals surface area contributed by atoms with Crippen LogP contribution in [0.2, 0.25) is 0 Å². The van der Waals surface area contributed by atoms with Gasteiger partial charge in [-0.25, -0.2) is 9.59 Å². The molecule has 21 heteroatoms. The maximum Gasteiger partial charge on any atom is 0.506 e. The SMILES string of the molecule is CC(C)[C@H](NC(=O)CCCCCN1C(=O)C(Br)=C(Br)C1=O)C(=O)N[C@@H](CCCNC(N)=O)C(=O)Nc1ccc(COC(=O)O)c(S(=O)(=O)O)c1. The molecule has 0 saturated carbocycles. The van der Waals surface area contributed by atoms with Gasteiger partial charge in [-0.2, -0.15) is 8.42 Å². The number of halogens is 2. The molecular weight excluding hydrogens is 816 g/mol. The third-order valence-corrected chi connectivity index (χ3v) is 10.1. The lowest BCUT2D eigenvalue weighted by Crippen LogP contribution is -2.54. The van der Waals surface area contributed by atoms with Gasteiger partial charge in [0.2, 0.25) is 17.7 Å². The van der Waals surface area contributed by atoms with Gasteiger partial charge in [-0.05, 0) is 75.6 Å². The van der Waals surface area contributed by atoms with Crippen molar-refractivity contribution < 1.29 is 56.4 Å². The third-order valence-electron chi connectivity index (χ3n) is 7.18. The van der Waals surface area contributed by atoms with Crippen molar-refractivity contribution >= 4 is 89.4 Å². The van der Waals surface area contributed by atoms with Crippen molar-refractivity contribution in [3.05, 3.63) is 32.7 Å². The molecule has 0 radical (unpaired) electrons. The molecule has 18 nitrogen and oxygen atoms in total. The highest BCUT2D eigenvalue weighted by molar-refractivity contribution is 9.14. The first kappa shape index (κ1) is 42.1. The van der Waals surface area contributed by atoms with Crippen LogP contribution >= 0.6 is 31.9 Å². The first-order valence-corrected chi connectivity index (χ1v) is 18.2. The molecule has 7 amide bonds. The highest BCUT2D eigenvalue weighted by Crippen LogP contribution is 2.29. The average Bonchev–Trinajstić information content (AvgIpc) is 3.21. The van der Waals surface area contributed by atoms with E-state index < -0.39 is 81.3 Å². The van der Waals surface area contributed by atoms with Crippen LogP contribution in [0, 0.1) is 5.92 Å². The predicted octanol–water partition coefficient (Wildman–Crippen LogP) is 2.07. The molecule has 1 aliphatic heterocycles. The summed E-state index contributed by atoms with van der Waals surface area (Å²) in [4.78, 5) is 85.9. The van der Waals surface area contributed by atoms with Crippen LogP contribution < -0.4 is 27.0 Å². The Bertz CT molecular complexity index is 1610. The average molecular weight is 855 g/mol. The molecule has 0 saturated heterocycles. The number of imide groups is 1. The number of hydrogen-bond acceptors (Lipinski definition) is 10. The van der Waals surface area contributed by atoms with E-state index in [1.807, 2.05) is 0 Å². The maximum absolute atomic E-state index is 13.4. The molecule has 1 heterocycles. The molecule has 0 spiro atoms. The minimum absolute atomic E-state index is 0.0308. The fraction of sp³-hybridized carbons (Fsp3) is 0.483. The monoisotopic (exact) mass is 852 g/mol. The van der Waals surface area contributed by atoms with E-state index >= 15 is 0 Å². The van der Waals surface area contributed by atoms with Crippen molar-refractivity contribution in [2.45, 2.75) is 76.0 Å². The molecular formula is C29H38Br2N6O12S. The van der Waals surface area contributed by atoms with Gasteiger partial charge in [-0.1, -0.05) is 26.3 Å². The normalized spacial score (nSPS) is 14.3. The zero-order valence-corrected chi connectivity index (χ0v) is 31.0. The van der Waals surface area contributed by atoms with Crippen LogP contribution in [0.4, 0.5) is 15.3 Å². The molecule has 2 atom stereocenters. The van der Waals surface area contributed by atoms with Gasteiger partial charge in [-0.3, -0.25) is 33.4 Å². The van der Waals surface area contributed by atoms with E-state index in [2.05, 4.69) is 57.9 Å². The van der Waals surface area contributed by atoms with Gasteiger partial charge in [0, 0.05) is 30.8 Å². The lowest BCUT2D eigenvalue weighted by molar-refractivity contribution is -0.137. The summed E-state index contributed by atoms with van der Waals surface area (Å²) in [5.41, 5.74) is 4.76. The number of carbonyl (C=O) groups excluding carboxylic acids is 6. The first-order valence-electron chi connectivity index (χ1n) is 15.1. The number of ether oxygens (including phenoxy) is 1. The number of primary amides is 1. The van der Waals surface area contributed by atoms with E-state index in [9.17, 15) is 46.5 Å². The first-order chi connectivity index (χ1) is 23.3. The van der Waals surface area contributed by atoms with E-state index in [4.69, 9.17) is 10.8 Å². The number of hydrogen-bond donors (Lipinski definition) is 7. The van der Waals surface area contributed by atoms with Gasteiger partial charge in [0.15, 0.2) is 0 Å². The molecule has 0 bridgehead atoms. The number of unbranched alkanes of at least 4 members (excludes halogenated alkanes) is 2. The summed E-state index contributed by atoms with van der Waals surface area (Å²) in [5, 5.41) is 18.8. The zero-order valence-electron chi connectivity index (χ0n) is 27.0. The Kier molecular flexibility index (Phi) is 16.3. The summed E-state index contributed by atoms with van der Waals surface area (Å²) >= 11 is 6.12. The minimum atomic E-state index is -4.88. The Labute approximate surface area is 304 Å². The van der Waals surface area contributed by atoms with Crippen molar-refractivity contribution in [2.75, 3.05) is 18.4 Å². The van der Waals surface area contributed by atoms with Crippen LogP contribution in [-0.2, 0) is 45.4 Å². The number of nitrogens with two attached hydrogens (primary N) is 1. The van der Waals surface area contributed by atoms with Crippen LogP contribution in [0.5, 0.6) is 0 Å². The summed E-state index contributed by atoms with van der Waals surface area (Å²) in [7, 11) is -4.88. The van der Waals surface area contributed by atoms with Crippen LogP contribution in [0.3, 0.4) is 0 Å². The molecule has 0 aliphatic carbocycles. The second kappa shape index (κ2) is 19.3.